The minimum absolute atomic E-state index is 0.163. The Hall–Kier alpha value is -3.87. The highest BCUT2D eigenvalue weighted by atomic mass is 32.1. The molecule has 34 heavy (non-hydrogen) atoms. The molecule has 1 fully saturated rings. The van der Waals surface area contributed by atoms with Gasteiger partial charge in [-0.25, -0.2) is 25.4 Å². The second-order valence-electron chi connectivity index (χ2n) is 7.61. The quantitative estimate of drug-likeness (QED) is 0.184. The van der Waals surface area contributed by atoms with Crippen LogP contribution in [0.5, 0.6) is 0 Å². The first-order chi connectivity index (χ1) is 16.6. The van der Waals surface area contributed by atoms with Crippen molar-refractivity contribution in [3.05, 3.63) is 53.2 Å². The Morgan fingerprint density at radius 3 is 2.59 bits per heavy atom. The average molecular weight is 479 g/mol. The first-order valence-electron chi connectivity index (χ1n) is 10.6. The number of rotatable bonds is 6. The van der Waals surface area contributed by atoms with Crippen LogP contribution in [-0.2, 0) is 11.3 Å². The maximum atomic E-state index is 11.4. The Morgan fingerprint density at radius 2 is 1.88 bits per heavy atom. The zero-order valence-corrected chi connectivity index (χ0v) is 18.9. The van der Waals surface area contributed by atoms with Gasteiger partial charge in [-0.1, -0.05) is 0 Å². The van der Waals surface area contributed by atoms with Crippen LogP contribution in [0.4, 0.5) is 17.5 Å². The fourth-order valence-electron chi connectivity index (χ4n) is 3.57. The van der Waals surface area contributed by atoms with E-state index in [4.69, 9.17) is 25.6 Å². The van der Waals surface area contributed by atoms with E-state index in [1.165, 1.54) is 12.4 Å². The third kappa shape index (κ3) is 4.59. The summed E-state index contributed by atoms with van der Waals surface area (Å²) in [4.78, 5) is 32.7. The van der Waals surface area contributed by atoms with Gasteiger partial charge in [0.2, 0.25) is 5.95 Å². The minimum Gasteiger partial charge on any atom is -0.399 e. The third-order valence-electron chi connectivity index (χ3n) is 5.32. The fraction of sp³-hybridized carbons (Fsp3) is 0.227. The molecule has 1 saturated heterocycles. The van der Waals surface area contributed by atoms with E-state index in [2.05, 4.69) is 20.2 Å². The summed E-state index contributed by atoms with van der Waals surface area (Å²) in [7, 11) is 0. The van der Waals surface area contributed by atoms with Crippen LogP contribution in [0.3, 0.4) is 0 Å². The Labute approximate surface area is 198 Å². The lowest BCUT2D eigenvalue weighted by Gasteiger charge is -2.28. The number of carbonyl (C=O) groups excluding carboxylic acids is 1. The van der Waals surface area contributed by atoms with Gasteiger partial charge in [0, 0.05) is 41.6 Å². The molecule has 0 saturated carbocycles. The Bertz CT molecular complexity index is 1300. The molecule has 0 atom stereocenters. The number of carbonyl (C=O) groups is 1. The van der Waals surface area contributed by atoms with Crippen LogP contribution in [0, 0.1) is 0 Å². The van der Waals surface area contributed by atoms with Crippen LogP contribution in [-0.4, -0.2) is 57.4 Å². The zero-order valence-electron chi connectivity index (χ0n) is 18.1. The van der Waals surface area contributed by atoms with Crippen LogP contribution in [0.25, 0.3) is 21.6 Å². The molecule has 5 N–H and O–H groups in total. The summed E-state index contributed by atoms with van der Waals surface area (Å²) >= 11 is 1.61. The number of ether oxygens (including phenoxy) is 1. The van der Waals surface area contributed by atoms with Gasteiger partial charge in [-0.3, -0.25) is 10.0 Å². The number of nitrogens with one attached hydrogen (secondary N) is 2. The van der Waals surface area contributed by atoms with Crippen molar-refractivity contribution in [3.63, 3.8) is 0 Å². The molecule has 0 spiro atoms. The number of amides is 1. The molecule has 5 rings (SSSR count). The first-order valence-corrected chi connectivity index (χ1v) is 11.4. The molecule has 0 aliphatic carbocycles. The number of morpholine rings is 1. The molecule has 3 aromatic heterocycles. The zero-order chi connectivity index (χ0) is 23.5. The SMILES string of the molecule is Nc1ccc(-c2nc(N3CCOCC3)c3sc(CNc4ncc(C(=O)NO)cn4)cc3n2)cc1. The van der Waals surface area contributed by atoms with Crippen LogP contribution in [0.15, 0.2) is 42.7 Å². The van der Waals surface area contributed by atoms with E-state index in [1.54, 1.807) is 16.8 Å². The summed E-state index contributed by atoms with van der Waals surface area (Å²) in [6.07, 6.45) is 2.68. The maximum Gasteiger partial charge on any atom is 0.277 e. The second kappa shape index (κ2) is 9.55. The van der Waals surface area contributed by atoms with Crippen molar-refractivity contribution in [1.29, 1.82) is 0 Å². The second-order valence-corrected chi connectivity index (χ2v) is 8.75. The van der Waals surface area contributed by atoms with Crippen molar-refractivity contribution in [2.75, 3.05) is 42.3 Å². The summed E-state index contributed by atoms with van der Waals surface area (Å²) < 4.78 is 6.53. The molecule has 4 heterocycles. The van der Waals surface area contributed by atoms with Gasteiger partial charge in [0.25, 0.3) is 5.91 Å². The van der Waals surface area contributed by atoms with Gasteiger partial charge in [0.1, 0.15) is 0 Å². The number of hydrogen-bond donors (Lipinski definition) is 4. The Balaban J connectivity index is 1.44. The number of benzene rings is 1. The van der Waals surface area contributed by atoms with Crippen molar-refractivity contribution in [3.8, 4) is 11.4 Å². The summed E-state index contributed by atoms with van der Waals surface area (Å²) in [5.41, 5.74) is 10.0. The topological polar surface area (TPSA) is 151 Å². The van der Waals surface area contributed by atoms with Gasteiger partial charge in [-0.2, -0.15) is 0 Å². The lowest BCUT2D eigenvalue weighted by Crippen LogP contribution is -2.36. The lowest BCUT2D eigenvalue weighted by atomic mass is 10.2. The number of thiophene rings is 1. The maximum absolute atomic E-state index is 11.4. The van der Waals surface area contributed by atoms with Gasteiger partial charge in [-0.15, -0.1) is 11.3 Å². The summed E-state index contributed by atoms with van der Waals surface area (Å²) in [6, 6.07) is 9.57. The Kier molecular flexibility index (Phi) is 6.16. The molecule has 174 valence electrons. The largest absolute Gasteiger partial charge is 0.399 e. The first kappa shape index (κ1) is 21.9. The van der Waals surface area contributed by atoms with Crippen molar-refractivity contribution in [2.24, 2.45) is 0 Å². The van der Waals surface area contributed by atoms with Crippen LogP contribution in [0.2, 0.25) is 0 Å². The number of aromatic nitrogens is 4. The highest BCUT2D eigenvalue weighted by Gasteiger charge is 2.20. The van der Waals surface area contributed by atoms with Gasteiger partial charge >= 0.3 is 0 Å². The van der Waals surface area contributed by atoms with E-state index in [0.717, 1.165) is 39.6 Å². The molecular weight excluding hydrogens is 456 g/mol. The molecular formula is C22H22N8O3S. The molecule has 11 nitrogen and oxygen atoms in total. The number of anilines is 3. The number of nitrogens with zero attached hydrogens (tertiary/aromatic N) is 5. The molecule has 0 bridgehead atoms. The molecule has 1 aliphatic rings. The minimum atomic E-state index is -0.665. The van der Waals surface area contributed by atoms with E-state index >= 15 is 0 Å². The molecule has 1 aromatic carbocycles. The molecule has 1 aliphatic heterocycles. The normalized spacial score (nSPS) is 13.7. The van der Waals surface area contributed by atoms with Crippen LogP contribution >= 0.6 is 11.3 Å². The van der Waals surface area contributed by atoms with E-state index < -0.39 is 5.91 Å². The van der Waals surface area contributed by atoms with Crippen molar-refractivity contribution in [1.82, 2.24) is 25.4 Å². The van der Waals surface area contributed by atoms with Crippen LogP contribution < -0.4 is 21.4 Å². The van der Waals surface area contributed by atoms with E-state index in [0.29, 0.717) is 37.2 Å². The van der Waals surface area contributed by atoms with Gasteiger partial charge in [0.15, 0.2) is 11.6 Å². The number of nitrogen functional groups attached to an aromatic ring is 1. The van der Waals surface area contributed by atoms with Crippen molar-refractivity contribution < 1.29 is 14.7 Å². The summed E-state index contributed by atoms with van der Waals surface area (Å²) in [6.45, 7) is 3.32. The van der Waals surface area contributed by atoms with Gasteiger partial charge in [-0.05, 0) is 30.3 Å². The summed E-state index contributed by atoms with van der Waals surface area (Å²) in [5, 5.41) is 11.9. The molecule has 0 radical (unpaired) electrons. The number of fused-ring (bicyclic) bond motifs is 1. The molecule has 0 unspecified atom stereocenters. The molecule has 4 aromatic rings. The lowest BCUT2D eigenvalue weighted by molar-refractivity contribution is 0.0705. The number of hydroxylamine groups is 1. The predicted molar refractivity (Wildman–Crippen MR) is 129 cm³/mol. The highest BCUT2D eigenvalue weighted by Crippen LogP contribution is 2.34. The molecule has 1 amide bonds. The standard InChI is InChI=1S/C22H22N8O3S/c23-15-3-1-13(2-4-15)19-27-17-9-16(12-26-22-24-10-14(11-25-22)21(31)29-32)34-18(17)20(28-19)30-5-7-33-8-6-30/h1-4,9-11,32H,5-8,12,23H2,(H,29,31)(H,24,25,26). The fourth-order valence-corrected chi connectivity index (χ4v) is 4.62. The summed E-state index contributed by atoms with van der Waals surface area (Å²) in [5.74, 6) is 1.25. The molecule has 12 heteroatoms. The Morgan fingerprint density at radius 1 is 1.15 bits per heavy atom. The number of nitrogens with two attached hydrogens (primary N) is 1. The number of hydrogen-bond acceptors (Lipinski definition) is 11. The monoisotopic (exact) mass is 478 g/mol. The van der Waals surface area contributed by atoms with E-state index in [-0.39, 0.29) is 5.56 Å². The van der Waals surface area contributed by atoms with Crippen molar-refractivity contribution >= 4 is 44.9 Å². The highest BCUT2D eigenvalue weighted by molar-refractivity contribution is 7.19. The third-order valence-corrected chi connectivity index (χ3v) is 6.44. The van der Waals surface area contributed by atoms with E-state index in [9.17, 15) is 4.79 Å². The predicted octanol–water partition coefficient (Wildman–Crippen LogP) is 2.30. The smallest absolute Gasteiger partial charge is 0.277 e. The van der Waals surface area contributed by atoms with Crippen molar-refractivity contribution in [2.45, 2.75) is 6.54 Å². The van der Waals surface area contributed by atoms with Crippen LogP contribution in [0.1, 0.15) is 15.2 Å². The van der Waals surface area contributed by atoms with Gasteiger partial charge < -0.3 is 20.7 Å². The van der Waals surface area contributed by atoms with Gasteiger partial charge in [0.05, 0.1) is 35.5 Å². The average Bonchev–Trinajstić information content (AvgIpc) is 3.31. The van der Waals surface area contributed by atoms with E-state index in [1.807, 2.05) is 30.3 Å².